The predicted molar refractivity (Wildman–Crippen MR) is 119 cm³/mol. The van der Waals surface area contributed by atoms with Gasteiger partial charge >= 0.3 is 6.03 Å². The Kier molecular flexibility index (Phi) is 8.16. The number of carbonyl (C=O) groups is 3. The van der Waals surface area contributed by atoms with Crippen LogP contribution in [-0.4, -0.2) is 102 Å². The van der Waals surface area contributed by atoms with Gasteiger partial charge in [0.1, 0.15) is 12.2 Å². The molecule has 0 aromatic heterocycles. The summed E-state index contributed by atoms with van der Waals surface area (Å²) in [5.41, 5.74) is 0.988. The monoisotopic (exact) mass is 449 g/mol. The molecule has 1 aromatic carbocycles. The van der Waals surface area contributed by atoms with E-state index >= 15 is 0 Å². The van der Waals surface area contributed by atoms with Crippen LogP contribution in [0, 0.1) is 0 Å². The van der Waals surface area contributed by atoms with Crippen LogP contribution in [0.2, 0.25) is 0 Å². The van der Waals surface area contributed by atoms with Crippen molar-refractivity contribution in [1.29, 1.82) is 0 Å². The second-order valence-electron chi connectivity index (χ2n) is 7.66. The van der Waals surface area contributed by atoms with Gasteiger partial charge in [-0.2, -0.15) is 11.8 Å². The number of amides is 4. The summed E-state index contributed by atoms with van der Waals surface area (Å²) in [7, 11) is 3.32. The fraction of sp³-hybridized carbons (Fsp3) is 0.571. The third kappa shape index (κ3) is 5.31. The van der Waals surface area contributed by atoms with Crippen LogP contribution in [0.3, 0.4) is 0 Å². The number of likely N-dealkylation sites (N-methyl/N-ethyl adjacent to an activating group) is 1. The molecule has 31 heavy (non-hydrogen) atoms. The summed E-state index contributed by atoms with van der Waals surface area (Å²) in [6, 6.07) is 8.79. The number of carbonyl (C=O) groups excluding carboxylic acids is 3. The van der Waals surface area contributed by atoms with Crippen molar-refractivity contribution >= 4 is 29.6 Å². The Labute approximate surface area is 187 Å². The smallest absolute Gasteiger partial charge is 0.334 e. The molecule has 0 aliphatic carbocycles. The number of ether oxygens (including phenoxy) is 1. The van der Waals surface area contributed by atoms with Crippen LogP contribution >= 0.6 is 11.8 Å². The fourth-order valence-electron chi connectivity index (χ4n) is 4.07. The van der Waals surface area contributed by atoms with Crippen molar-refractivity contribution in [3.05, 3.63) is 35.9 Å². The lowest BCUT2D eigenvalue weighted by atomic mass is 10.0. The molecule has 0 spiro atoms. The Hall–Kier alpha value is -2.30. The number of hydrogen-bond acceptors (Lipinski definition) is 6. The molecule has 2 aliphatic heterocycles. The number of piperazine rings is 1. The Morgan fingerprint density at radius 2 is 2.00 bits per heavy atom. The quantitative estimate of drug-likeness (QED) is 0.633. The van der Waals surface area contributed by atoms with Crippen molar-refractivity contribution in [3.8, 4) is 0 Å². The highest BCUT2D eigenvalue weighted by molar-refractivity contribution is 7.98. The Morgan fingerprint density at radius 3 is 2.68 bits per heavy atom. The number of nitrogens with one attached hydrogen (secondary N) is 1. The van der Waals surface area contributed by atoms with E-state index in [4.69, 9.17) is 4.74 Å². The molecule has 1 aromatic rings. The number of methoxy groups -OCH3 is 1. The maximum absolute atomic E-state index is 13.2. The molecule has 1 N–H and O–H groups in total. The van der Waals surface area contributed by atoms with Crippen molar-refractivity contribution in [2.24, 2.45) is 0 Å². The van der Waals surface area contributed by atoms with Gasteiger partial charge in [0, 0.05) is 27.2 Å². The largest absolute Gasteiger partial charge is 0.383 e. The van der Waals surface area contributed by atoms with Crippen molar-refractivity contribution in [3.63, 3.8) is 0 Å². The minimum absolute atomic E-state index is 0.0520. The van der Waals surface area contributed by atoms with Gasteiger partial charge in [0.05, 0.1) is 19.7 Å². The van der Waals surface area contributed by atoms with Crippen LogP contribution in [0.25, 0.3) is 0 Å². The molecule has 3 rings (SSSR count). The molecule has 0 bridgehead atoms. The van der Waals surface area contributed by atoms with E-state index in [-0.39, 0.29) is 30.9 Å². The van der Waals surface area contributed by atoms with E-state index < -0.39 is 12.2 Å². The lowest BCUT2D eigenvalue weighted by Gasteiger charge is -2.54. The SMILES string of the molecule is COCCN1C[C@H]2N(C(=O)CN(C)N2C(=O)NCc2ccccc2)[C@@H](CCSC)C1=O. The molecule has 10 heteroatoms. The van der Waals surface area contributed by atoms with Gasteiger partial charge in [-0.1, -0.05) is 30.3 Å². The van der Waals surface area contributed by atoms with Crippen molar-refractivity contribution < 1.29 is 19.1 Å². The van der Waals surface area contributed by atoms with Crippen LogP contribution in [0.15, 0.2) is 30.3 Å². The first-order valence-corrected chi connectivity index (χ1v) is 11.8. The summed E-state index contributed by atoms with van der Waals surface area (Å²) < 4.78 is 5.17. The van der Waals surface area contributed by atoms with Gasteiger partial charge in [-0.15, -0.1) is 0 Å². The van der Waals surface area contributed by atoms with Crippen LogP contribution in [0.5, 0.6) is 0 Å². The summed E-state index contributed by atoms with van der Waals surface area (Å²) >= 11 is 1.63. The highest BCUT2D eigenvalue weighted by Crippen LogP contribution is 2.27. The van der Waals surface area contributed by atoms with Gasteiger partial charge < -0.3 is 19.9 Å². The molecule has 2 atom stereocenters. The zero-order valence-corrected chi connectivity index (χ0v) is 19.1. The van der Waals surface area contributed by atoms with E-state index in [0.29, 0.717) is 26.1 Å². The first kappa shape index (κ1) is 23.4. The molecular formula is C21H31N5O4S. The molecule has 2 aliphatic rings. The molecule has 9 nitrogen and oxygen atoms in total. The van der Waals surface area contributed by atoms with Crippen molar-refractivity contribution in [2.75, 3.05) is 52.4 Å². The van der Waals surface area contributed by atoms with Crippen molar-refractivity contribution in [2.45, 2.75) is 25.2 Å². The number of benzene rings is 1. The molecule has 4 amide bonds. The van der Waals surface area contributed by atoms with E-state index in [1.807, 2.05) is 36.6 Å². The number of fused-ring (bicyclic) bond motifs is 1. The standard InChI is InChI=1S/C21H31N5O4S/c1-23-15-19(27)25-17(9-12-31-3)20(28)24(10-11-30-2)14-18(25)26(23)21(29)22-13-16-7-5-4-6-8-16/h4-8,17-18H,9-15H2,1-3H3,(H,22,29)/t17-,18-/m0/s1. The molecule has 2 heterocycles. The lowest BCUT2D eigenvalue weighted by Crippen LogP contribution is -2.76. The molecule has 0 unspecified atom stereocenters. The zero-order chi connectivity index (χ0) is 22.4. The number of rotatable bonds is 8. The van der Waals surface area contributed by atoms with Gasteiger partial charge in [-0.25, -0.2) is 14.8 Å². The normalized spacial score (nSPS) is 22.0. The van der Waals surface area contributed by atoms with Crippen molar-refractivity contribution in [1.82, 2.24) is 25.1 Å². The predicted octanol–water partition coefficient (Wildman–Crippen LogP) is 0.824. The number of thioether (sulfide) groups is 1. The van der Waals surface area contributed by atoms with E-state index in [1.54, 1.807) is 45.7 Å². The van der Waals surface area contributed by atoms with E-state index in [1.165, 1.54) is 0 Å². The van der Waals surface area contributed by atoms with Gasteiger partial charge in [-0.3, -0.25) is 9.59 Å². The molecule has 2 fully saturated rings. The fourth-order valence-corrected chi connectivity index (χ4v) is 4.53. The maximum Gasteiger partial charge on any atom is 0.334 e. The highest BCUT2D eigenvalue weighted by atomic mass is 32.2. The van der Waals surface area contributed by atoms with Crippen LogP contribution in [0.1, 0.15) is 12.0 Å². The molecular weight excluding hydrogens is 418 g/mol. The van der Waals surface area contributed by atoms with Gasteiger partial charge in [0.15, 0.2) is 0 Å². The van der Waals surface area contributed by atoms with E-state index in [9.17, 15) is 14.4 Å². The van der Waals surface area contributed by atoms with Crippen LogP contribution in [0.4, 0.5) is 4.79 Å². The lowest BCUT2D eigenvalue weighted by molar-refractivity contribution is -0.187. The average Bonchev–Trinajstić information content (AvgIpc) is 2.76. The molecule has 2 saturated heterocycles. The third-order valence-corrected chi connectivity index (χ3v) is 6.24. The molecule has 170 valence electrons. The van der Waals surface area contributed by atoms with Gasteiger partial charge in [0.25, 0.3) is 0 Å². The summed E-state index contributed by atoms with van der Waals surface area (Å²) in [6.07, 6.45) is 1.97. The van der Waals surface area contributed by atoms with E-state index in [2.05, 4.69) is 5.32 Å². The van der Waals surface area contributed by atoms with Crippen LogP contribution < -0.4 is 5.32 Å². The van der Waals surface area contributed by atoms with Gasteiger partial charge in [-0.05, 0) is 24.0 Å². The molecule has 0 radical (unpaired) electrons. The molecule has 0 saturated carbocycles. The highest BCUT2D eigenvalue weighted by Gasteiger charge is 2.50. The van der Waals surface area contributed by atoms with Crippen LogP contribution in [-0.2, 0) is 20.9 Å². The number of hydrogen-bond donors (Lipinski definition) is 1. The Balaban J connectivity index is 1.82. The minimum Gasteiger partial charge on any atom is -0.383 e. The average molecular weight is 450 g/mol. The summed E-state index contributed by atoms with van der Waals surface area (Å²) in [5, 5.41) is 6.16. The number of urea groups is 1. The Morgan fingerprint density at radius 1 is 1.26 bits per heavy atom. The first-order chi connectivity index (χ1) is 15.0. The Bertz CT molecular complexity index is 780. The maximum atomic E-state index is 13.2. The first-order valence-electron chi connectivity index (χ1n) is 10.4. The summed E-state index contributed by atoms with van der Waals surface area (Å²) in [5.74, 6) is 0.538. The summed E-state index contributed by atoms with van der Waals surface area (Å²) in [6.45, 7) is 1.51. The topological polar surface area (TPSA) is 85.4 Å². The number of hydrazine groups is 1. The number of nitrogens with zero attached hydrogens (tertiary/aromatic N) is 4. The summed E-state index contributed by atoms with van der Waals surface area (Å²) in [4.78, 5) is 42.6. The third-order valence-electron chi connectivity index (χ3n) is 5.59. The zero-order valence-electron chi connectivity index (χ0n) is 18.3. The minimum atomic E-state index is -0.575. The second kappa shape index (κ2) is 10.8. The van der Waals surface area contributed by atoms with E-state index in [0.717, 1.165) is 11.3 Å². The van der Waals surface area contributed by atoms with Gasteiger partial charge in [0.2, 0.25) is 11.8 Å². The second-order valence-corrected chi connectivity index (χ2v) is 8.65.